The van der Waals surface area contributed by atoms with Crippen LogP contribution in [0.1, 0.15) is 45.7 Å². The van der Waals surface area contributed by atoms with Crippen LogP contribution in [0.5, 0.6) is 0 Å². The lowest BCUT2D eigenvalue weighted by Crippen LogP contribution is -2.36. The highest BCUT2D eigenvalue weighted by Crippen LogP contribution is 2.44. The number of carbonyl (C=O) groups is 4. The minimum Gasteiger partial charge on any atom is -0.454 e. The Labute approximate surface area is 209 Å². The van der Waals surface area contributed by atoms with Crippen molar-refractivity contribution in [1.82, 2.24) is 4.90 Å². The molecule has 1 N–H and O–H groups in total. The van der Waals surface area contributed by atoms with E-state index in [2.05, 4.69) is 5.32 Å². The number of carbonyl (C=O) groups excluding carboxylic acids is 4. The van der Waals surface area contributed by atoms with Crippen LogP contribution in [0.15, 0.2) is 18.2 Å². The third kappa shape index (κ3) is 4.82. The van der Waals surface area contributed by atoms with Crippen LogP contribution in [0, 0.1) is 0 Å². The van der Waals surface area contributed by atoms with Crippen LogP contribution in [0.25, 0.3) is 0 Å². The van der Waals surface area contributed by atoms with Crippen LogP contribution in [0.3, 0.4) is 0 Å². The monoisotopic (exact) mass is 530 g/mol. The summed E-state index contributed by atoms with van der Waals surface area (Å²) in [4.78, 5) is 50.6. The molecule has 1 aliphatic rings. The lowest BCUT2D eigenvalue weighted by Gasteiger charge is -2.15. The lowest BCUT2D eigenvalue weighted by molar-refractivity contribution is -0.147. The molecule has 0 bridgehead atoms. The third-order valence-corrected chi connectivity index (χ3v) is 6.90. The number of imide groups is 1. The normalized spacial score (nSPS) is 12.7. The highest BCUT2D eigenvalue weighted by atomic mass is 35.5. The standard InChI is InChI=1S/C22H18Cl4N2O5/c1-3-10-6-5-7-11(4-2)20(10)27-12(29)9-33-13(30)8-28-21(31)14-15(22(28)32)17(24)19(26)18(25)16(14)23/h5-7H,3-4,8-9H2,1-2H3,(H,27,29). The van der Waals surface area contributed by atoms with E-state index < -0.39 is 36.8 Å². The van der Waals surface area contributed by atoms with E-state index in [0.717, 1.165) is 11.1 Å². The molecule has 2 aromatic rings. The Balaban J connectivity index is 1.67. The predicted octanol–water partition coefficient (Wildman–Crippen LogP) is 5.20. The molecule has 1 aliphatic heterocycles. The summed E-state index contributed by atoms with van der Waals surface area (Å²) in [5.41, 5.74) is 2.10. The number of esters is 1. The maximum Gasteiger partial charge on any atom is 0.326 e. The smallest absolute Gasteiger partial charge is 0.326 e. The average molecular weight is 532 g/mol. The molecule has 0 saturated heterocycles. The zero-order valence-corrected chi connectivity index (χ0v) is 20.6. The van der Waals surface area contributed by atoms with Crippen molar-refractivity contribution in [2.24, 2.45) is 0 Å². The SMILES string of the molecule is CCc1cccc(CC)c1NC(=O)COC(=O)CN1C(=O)c2c(Cl)c(Cl)c(Cl)c(Cl)c2C1=O. The largest absolute Gasteiger partial charge is 0.454 e. The Kier molecular flexibility index (Phi) is 7.90. The Morgan fingerprint density at radius 1 is 0.879 bits per heavy atom. The van der Waals surface area contributed by atoms with Crippen LogP contribution in [-0.4, -0.2) is 41.7 Å². The molecule has 33 heavy (non-hydrogen) atoms. The van der Waals surface area contributed by atoms with E-state index in [1.807, 2.05) is 32.0 Å². The zero-order chi connectivity index (χ0) is 24.4. The quantitative estimate of drug-likeness (QED) is 0.229. The number of benzene rings is 2. The van der Waals surface area contributed by atoms with Crippen molar-refractivity contribution in [2.75, 3.05) is 18.5 Å². The molecule has 0 saturated carbocycles. The van der Waals surface area contributed by atoms with E-state index in [9.17, 15) is 19.2 Å². The number of para-hydroxylation sites is 1. The lowest BCUT2D eigenvalue weighted by atomic mass is 10.0. The number of nitrogens with zero attached hydrogens (tertiary/aromatic N) is 1. The van der Waals surface area contributed by atoms with Crippen molar-refractivity contribution in [3.8, 4) is 0 Å². The van der Waals surface area contributed by atoms with Gasteiger partial charge in [-0.25, -0.2) is 0 Å². The molecular formula is C22H18Cl4N2O5. The molecule has 1 heterocycles. The fourth-order valence-electron chi connectivity index (χ4n) is 3.44. The topological polar surface area (TPSA) is 92.8 Å². The van der Waals surface area contributed by atoms with Crippen LogP contribution in [0.2, 0.25) is 20.1 Å². The van der Waals surface area contributed by atoms with Crippen LogP contribution in [-0.2, 0) is 27.2 Å². The molecule has 0 atom stereocenters. The van der Waals surface area contributed by atoms with Crippen LogP contribution >= 0.6 is 46.4 Å². The van der Waals surface area contributed by atoms with Gasteiger partial charge in [-0.3, -0.25) is 24.1 Å². The first-order valence-electron chi connectivity index (χ1n) is 9.90. The van der Waals surface area contributed by atoms with Gasteiger partial charge in [0.1, 0.15) is 6.54 Å². The van der Waals surface area contributed by atoms with E-state index >= 15 is 0 Å². The Morgan fingerprint density at radius 3 is 1.82 bits per heavy atom. The number of aryl methyl sites for hydroxylation is 2. The number of halogens is 4. The molecule has 2 aromatic carbocycles. The Hall–Kier alpha value is -2.32. The number of anilines is 1. The summed E-state index contributed by atoms with van der Waals surface area (Å²) in [5.74, 6) is -3.26. The molecule has 7 nitrogen and oxygen atoms in total. The number of amides is 3. The van der Waals surface area contributed by atoms with Crippen molar-refractivity contribution in [2.45, 2.75) is 26.7 Å². The Morgan fingerprint density at radius 2 is 1.36 bits per heavy atom. The van der Waals surface area contributed by atoms with Crippen molar-refractivity contribution in [3.05, 3.63) is 60.5 Å². The van der Waals surface area contributed by atoms with Crippen LogP contribution < -0.4 is 5.32 Å². The van der Waals surface area contributed by atoms with E-state index in [1.54, 1.807) is 0 Å². The van der Waals surface area contributed by atoms with Gasteiger partial charge in [-0.15, -0.1) is 0 Å². The van der Waals surface area contributed by atoms with E-state index in [-0.39, 0.29) is 31.2 Å². The van der Waals surface area contributed by atoms with Crippen molar-refractivity contribution in [3.63, 3.8) is 0 Å². The van der Waals surface area contributed by atoms with Crippen LogP contribution in [0.4, 0.5) is 5.69 Å². The second-order valence-electron chi connectivity index (χ2n) is 7.07. The number of rotatable bonds is 7. The van der Waals surface area contributed by atoms with Crippen molar-refractivity contribution >= 4 is 75.8 Å². The fourth-order valence-corrected chi connectivity index (χ4v) is 4.45. The van der Waals surface area contributed by atoms with Crippen molar-refractivity contribution in [1.29, 1.82) is 0 Å². The summed E-state index contributed by atoms with van der Waals surface area (Å²) < 4.78 is 4.97. The second-order valence-corrected chi connectivity index (χ2v) is 8.58. The summed E-state index contributed by atoms with van der Waals surface area (Å²) in [6, 6.07) is 5.71. The molecule has 0 fully saturated rings. The molecule has 0 aliphatic carbocycles. The van der Waals surface area contributed by atoms with Gasteiger partial charge in [-0.2, -0.15) is 0 Å². The number of hydrogen-bond acceptors (Lipinski definition) is 5. The van der Waals surface area contributed by atoms with E-state index in [0.29, 0.717) is 23.4 Å². The summed E-state index contributed by atoms with van der Waals surface area (Å²) in [5, 5.41) is 1.93. The summed E-state index contributed by atoms with van der Waals surface area (Å²) in [6.07, 6.45) is 1.42. The first-order valence-corrected chi connectivity index (χ1v) is 11.4. The molecular weight excluding hydrogens is 514 g/mol. The number of nitrogens with one attached hydrogen (secondary N) is 1. The van der Waals surface area contributed by atoms with Gasteiger partial charge in [0.15, 0.2) is 6.61 Å². The maximum atomic E-state index is 12.7. The number of ether oxygens (including phenoxy) is 1. The van der Waals surface area contributed by atoms with Gasteiger partial charge in [-0.05, 0) is 24.0 Å². The third-order valence-electron chi connectivity index (χ3n) is 5.10. The summed E-state index contributed by atoms with van der Waals surface area (Å²) in [6.45, 7) is 2.59. The number of fused-ring (bicyclic) bond motifs is 1. The van der Waals surface area contributed by atoms with E-state index in [1.165, 1.54) is 0 Å². The van der Waals surface area contributed by atoms with Gasteiger partial charge in [0.05, 0.1) is 31.2 Å². The predicted molar refractivity (Wildman–Crippen MR) is 127 cm³/mol. The highest BCUT2D eigenvalue weighted by molar-refractivity contribution is 6.55. The molecule has 0 radical (unpaired) electrons. The molecule has 0 aromatic heterocycles. The molecule has 0 unspecified atom stereocenters. The highest BCUT2D eigenvalue weighted by Gasteiger charge is 2.42. The van der Waals surface area contributed by atoms with Gasteiger partial charge in [0.25, 0.3) is 17.7 Å². The molecule has 174 valence electrons. The van der Waals surface area contributed by atoms with Gasteiger partial charge in [0, 0.05) is 5.69 Å². The second kappa shape index (κ2) is 10.3. The molecule has 3 rings (SSSR count). The maximum absolute atomic E-state index is 12.7. The van der Waals surface area contributed by atoms with Crippen molar-refractivity contribution < 1.29 is 23.9 Å². The van der Waals surface area contributed by atoms with Gasteiger partial charge >= 0.3 is 5.97 Å². The molecule has 11 heteroatoms. The molecule has 0 spiro atoms. The average Bonchev–Trinajstić information content (AvgIpc) is 3.05. The van der Waals surface area contributed by atoms with E-state index in [4.69, 9.17) is 51.1 Å². The summed E-state index contributed by atoms with van der Waals surface area (Å²) >= 11 is 24.0. The minimum atomic E-state index is -0.969. The zero-order valence-electron chi connectivity index (χ0n) is 17.6. The van der Waals surface area contributed by atoms with Gasteiger partial charge in [-0.1, -0.05) is 78.5 Å². The fraction of sp³-hybridized carbons (Fsp3) is 0.273. The number of hydrogen-bond donors (Lipinski definition) is 1. The van der Waals surface area contributed by atoms with Gasteiger partial charge in [0.2, 0.25) is 0 Å². The minimum absolute atomic E-state index is 0.178. The molecule has 3 amide bonds. The summed E-state index contributed by atoms with van der Waals surface area (Å²) in [7, 11) is 0. The Bertz CT molecular complexity index is 1110. The van der Waals surface area contributed by atoms with Gasteiger partial charge < -0.3 is 10.1 Å². The first kappa shape index (κ1) is 25.3. The first-order chi connectivity index (χ1) is 15.6.